The number of nitrogens with one attached hydrogen (secondary N) is 2. The number of nitrogens with zero attached hydrogens (tertiary/aromatic N) is 5. The number of aromatic nitrogens is 5. The van der Waals surface area contributed by atoms with E-state index in [0.717, 1.165) is 11.0 Å². The first-order chi connectivity index (χ1) is 12.9. The van der Waals surface area contributed by atoms with E-state index in [4.69, 9.17) is 0 Å². The lowest BCUT2D eigenvalue weighted by atomic mass is 10.3. The summed E-state index contributed by atoms with van der Waals surface area (Å²) >= 11 is 0. The van der Waals surface area contributed by atoms with Gasteiger partial charge in [0.15, 0.2) is 9.84 Å². The predicted octanol–water partition coefficient (Wildman–Crippen LogP) is 2.39. The number of hydrogen-bond acceptors (Lipinski definition) is 8. The van der Waals surface area contributed by atoms with Gasteiger partial charge in [-0.2, -0.15) is 4.98 Å². The van der Waals surface area contributed by atoms with Crippen molar-refractivity contribution in [1.82, 2.24) is 24.5 Å². The van der Waals surface area contributed by atoms with E-state index in [9.17, 15) is 8.42 Å². The maximum atomic E-state index is 11.5. The minimum atomic E-state index is -3.03. The molecule has 10 heteroatoms. The van der Waals surface area contributed by atoms with Gasteiger partial charge in [0.2, 0.25) is 5.95 Å². The maximum Gasteiger partial charge on any atom is 0.224 e. The summed E-state index contributed by atoms with van der Waals surface area (Å²) in [7, 11) is -3.03. The maximum absolute atomic E-state index is 11.5. The molecule has 0 fully saturated rings. The third-order valence-corrected chi connectivity index (χ3v) is 5.77. The Balaban J connectivity index is 1.72. The summed E-state index contributed by atoms with van der Waals surface area (Å²) in [6.07, 6.45) is 5.12. The van der Waals surface area contributed by atoms with E-state index in [1.54, 1.807) is 31.7 Å². The molecule has 0 aliphatic carbocycles. The molecule has 0 bridgehead atoms. The van der Waals surface area contributed by atoms with Crippen LogP contribution in [-0.2, 0) is 9.84 Å². The number of imidazole rings is 1. The SMILES string of the molecule is CCS(=O)(=O)CCNc1nccc(Nc2cc3c(cn2)ncn3C(C)C)n1. The predicted molar refractivity (Wildman–Crippen MR) is 106 cm³/mol. The highest BCUT2D eigenvalue weighted by Gasteiger charge is 2.09. The van der Waals surface area contributed by atoms with Crippen molar-refractivity contribution in [2.45, 2.75) is 26.8 Å². The molecule has 3 aromatic heterocycles. The van der Waals surface area contributed by atoms with Crippen molar-refractivity contribution in [3.63, 3.8) is 0 Å². The third-order valence-electron chi connectivity index (χ3n) is 4.07. The second kappa shape index (κ2) is 7.87. The molecule has 0 unspecified atom stereocenters. The monoisotopic (exact) mass is 389 g/mol. The molecule has 0 aliphatic rings. The van der Waals surface area contributed by atoms with Crippen LogP contribution in [0.2, 0.25) is 0 Å². The molecule has 0 saturated heterocycles. The van der Waals surface area contributed by atoms with Crippen molar-refractivity contribution in [3.05, 3.63) is 30.9 Å². The Morgan fingerprint density at radius 3 is 2.74 bits per heavy atom. The quantitative estimate of drug-likeness (QED) is 0.603. The average Bonchev–Trinajstić information content (AvgIpc) is 3.05. The highest BCUT2D eigenvalue weighted by molar-refractivity contribution is 7.91. The fourth-order valence-electron chi connectivity index (χ4n) is 2.52. The van der Waals surface area contributed by atoms with Gasteiger partial charge in [0.1, 0.15) is 17.2 Å². The van der Waals surface area contributed by atoms with Crippen LogP contribution in [0.3, 0.4) is 0 Å². The van der Waals surface area contributed by atoms with E-state index < -0.39 is 9.84 Å². The molecule has 3 heterocycles. The van der Waals surface area contributed by atoms with Gasteiger partial charge in [0.25, 0.3) is 0 Å². The van der Waals surface area contributed by atoms with Crippen LogP contribution in [0, 0.1) is 0 Å². The van der Waals surface area contributed by atoms with E-state index in [1.807, 2.05) is 6.07 Å². The zero-order valence-electron chi connectivity index (χ0n) is 15.5. The lowest BCUT2D eigenvalue weighted by Gasteiger charge is -2.10. The van der Waals surface area contributed by atoms with Gasteiger partial charge in [0.05, 0.1) is 23.8 Å². The summed E-state index contributed by atoms with van der Waals surface area (Å²) in [6.45, 7) is 6.08. The van der Waals surface area contributed by atoms with Crippen molar-refractivity contribution in [1.29, 1.82) is 0 Å². The Bertz CT molecular complexity index is 1030. The van der Waals surface area contributed by atoms with Crippen molar-refractivity contribution >= 4 is 38.5 Å². The van der Waals surface area contributed by atoms with Crippen LogP contribution in [0.15, 0.2) is 30.9 Å². The summed E-state index contributed by atoms with van der Waals surface area (Å²) in [5, 5.41) is 6.08. The zero-order chi connectivity index (χ0) is 19.4. The van der Waals surface area contributed by atoms with Crippen molar-refractivity contribution in [3.8, 4) is 0 Å². The van der Waals surface area contributed by atoms with E-state index in [-0.39, 0.29) is 18.1 Å². The molecule has 0 spiro atoms. The number of rotatable bonds is 8. The summed E-state index contributed by atoms with van der Waals surface area (Å²) in [6, 6.07) is 3.94. The summed E-state index contributed by atoms with van der Waals surface area (Å²) in [4.78, 5) is 17.2. The first-order valence-corrected chi connectivity index (χ1v) is 10.6. The molecule has 0 amide bonds. The Kier molecular flexibility index (Phi) is 5.54. The fraction of sp³-hybridized carbons (Fsp3) is 0.412. The first-order valence-electron chi connectivity index (χ1n) is 8.75. The molecule has 0 aliphatic heterocycles. The fourth-order valence-corrected chi connectivity index (χ4v) is 3.22. The second-order valence-electron chi connectivity index (χ2n) is 6.36. The number of pyridine rings is 1. The topological polar surface area (TPSA) is 115 Å². The summed E-state index contributed by atoms with van der Waals surface area (Å²) < 4.78 is 25.2. The molecule has 9 nitrogen and oxygen atoms in total. The molecule has 27 heavy (non-hydrogen) atoms. The van der Waals surface area contributed by atoms with Crippen LogP contribution in [0.4, 0.5) is 17.6 Å². The largest absolute Gasteiger partial charge is 0.353 e. The van der Waals surface area contributed by atoms with E-state index in [2.05, 4.69) is 49.0 Å². The normalized spacial score (nSPS) is 11.9. The number of sulfone groups is 1. The molecule has 3 rings (SSSR count). The van der Waals surface area contributed by atoms with Gasteiger partial charge >= 0.3 is 0 Å². The molecule has 3 aromatic rings. The average molecular weight is 389 g/mol. The number of hydrogen-bond donors (Lipinski definition) is 2. The van der Waals surface area contributed by atoms with Crippen molar-refractivity contribution < 1.29 is 8.42 Å². The van der Waals surface area contributed by atoms with Gasteiger partial charge in [-0.3, -0.25) is 0 Å². The van der Waals surface area contributed by atoms with Crippen LogP contribution in [0.5, 0.6) is 0 Å². The molecular weight excluding hydrogens is 366 g/mol. The van der Waals surface area contributed by atoms with Gasteiger partial charge in [-0.25, -0.2) is 23.4 Å². The standard InChI is InChI=1S/C17H23N7O2S/c1-4-27(25,26)8-7-19-17-18-6-5-15(23-17)22-16-9-14-13(10-20-16)21-11-24(14)12(2)3/h5-6,9-12H,4,7-8H2,1-3H3,(H2,18,19,20,22,23). The van der Waals surface area contributed by atoms with Crippen LogP contribution in [-0.4, -0.2) is 51.0 Å². The Hall–Kier alpha value is -2.75. The lowest BCUT2D eigenvalue weighted by molar-refractivity contribution is 0.597. The minimum absolute atomic E-state index is 0.0436. The molecule has 2 N–H and O–H groups in total. The van der Waals surface area contributed by atoms with E-state index >= 15 is 0 Å². The zero-order valence-corrected chi connectivity index (χ0v) is 16.4. The van der Waals surface area contributed by atoms with Gasteiger partial charge < -0.3 is 15.2 Å². The van der Waals surface area contributed by atoms with Gasteiger partial charge in [-0.15, -0.1) is 0 Å². The number of anilines is 3. The summed E-state index contributed by atoms with van der Waals surface area (Å²) in [5.74, 6) is 1.73. The van der Waals surface area contributed by atoms with Crippen LogP contribution in [0.25, 0.3) is 11.0 Å². The molecule has 0 aromatic carbocycles. The van der Waals surface area contributed by atoms with E-state index in [1.165, 1.54) is 0 Å². The third kappa shape index (κ3) is 4.70. The summed E-state index contributed by atoms with van der Waals surface area (Å²) in [5.41, 5.74) is 1.82. The molecule has 0 atom stereocenters. The Morgan fingerprint density at radius 1 is 1.19 bits per heavy atom. The number of fused-ring (bicyclic) bond motifs is 1. The minimum Gasteiger partial charge on any atom is -0.353 e. The van der Waals surface area contributed by atoms with Crippen molar-refractivity contribution in [2.75, 3.05) is 28.7 Å². The molecule has 0 saturated carbocycles. The van der Waals surface area contributed by atoms with Crippen molar-refractivity contribution in [2.24, 2.45) is 0 Å². The highest BCUT2D eigenvalue weighted by atomic mass is 32.2. The molecule has 0 radical (unpaired) electrons. The highest BCUT2D eigenvalue weighted by Crippen LogP contribution is 2.21. The second-order valence-corrected chi connectivity index (χ2v) is 8.83. The van der Waals surface area contributed by atoms with Gasteiger partial charge in [-0.1, -0.05) is 6.92 Å². The van der Waals surface area contributed by atoms with Crippen LogP contribution in [0.1, 0.15) is 26.8 Å². The Morgan fingerprint density at radius 2 is 2.00 bits per heavy atom. The van der Waals surface area contributed by atoms with Gasteiger partial charge in [-0.05, 0) is 19.9 Å². The van der Waals surface area contributed by atoms with Crippen LogP contribution < -0.4 is 10.6 Å². The molecular formula is C17H23N7O2S. The van der Waals surface area contributed by atoms with E-state index in [0.29, 0.717) is 23.6 Å². The van der Waals surface area contributed by atoms with Crippen LogP contribution >= 0.6 is 0 Å². The molecule has 144 valence electrons. The Labute approximate surface area is 158 Å². The smallest absolute Gasteiger partial charge is 0.224 e. The lowest BCUT2D eigenvalue weighted by Crippen LogP contribution is -2.18. The van der Waals surface area contributed by atoms with Gasteiger partial charge in [0, 0.05) is 30.6 Å². The first kappa shape index (κ1) is 19.0.